The second-order valence-corrected chi connectivity index (χ2v) is 4.31. The van der Waals surface area contributed by atoms with Crippen LogP contribution >= 0.6 is 0 Å². The van der Waals surface area contributed by atoms with Gasteiger partial charge in [0, 0.05) is 31.0 Å². The van der Waals surface area contributed by atoms with Crippen molar-refractivity contribution >= 4 is 11.4 Å². The van der Waals surface area contributed by atoms with Gasteiger partial charge in [-0.15, -0.1) is 0 Å². The van der Waals surface area contributed by atoms with Gasteiger partial charge < -0.3 is 15.2 Å². The van der Waals surface area contributed by atoms with Crippen LogP contribution in [0.15, 0.2) is 18.2 Å². The molecule has 1 atom stereocenters. The molecule has 0 saturated heterocycles. The van der Waals surface area contributed by atoms with E-state index in [4.69, 9.17) is 9.84 Å². The van der Waals surface area contributed by atoms with Gasteiger partial charge in [-0.3, -0.25) is 10.1 Å². The molecule has 6 heteroatoms. The first-order chi connectivity index (χ1) is 9.12. The molecule has 0 bridgehead atoms. The number of rotatable bonds is 8. The van der Waals surface area contributed by atoms with Crippen molar-refractivity contribution in [2.45, 2.75) is 19.8 Å². The predicted molar refractivity (Wildman–Crippen MR) is 73.6 cm³/mol. The third-order valence-electron chi connectivity index (χ3n) is 3.09. The number of aliphatic hydroxyl groups excluding tert-OH is 1. The lowest BCUT2D eigenvalue weighted by Gasteiger charge is -2.15. The van der Waals surface area contributed by atoms with E-state index >= 15 is 0 Å². The van der Waals surface area contributed by atoms with Crippen LogP contribution in [0.1, 0.15) is 19.8 Å². The average molecular weight is 268 g/mol. The van der Waals surface area contributed by atoms with Crippen molar-refractivity contribution in [1.82, 2.24) is 0 Å². The Bertz CT molecular complexity index is 423. The van der Waals surface area contributed by atoms with Crippen molar-refractivity contribution in [2.75, 3.05) is 25.6 Å². The van der Waals surface area contributed by atoms with Crippen LogP contribution in [0, 0.1) is 16.0 Å². The molecule has 0 radical (unpaired) electrons. The largest absolute Gasteiger partial charge is 0.490 e. The highest BCUT2D eigenvalue weighted by molar-refractivity contribution is 5.57. The molecule has 1 unspecified atom stereocenters. The topological polar surface area (TPSA) is 84.6 Å². The number of aliphatic hydroxyl groups is 1. The fraction of sp³-hybridized carbons (Fsp3) is 0.538. The molecule has 0 aliphatic rings. The predicted octanol–water partition coefficient (Wildman–Crippen LogP) is 2.42. The van der Waals surface area contributed by atoms with Crippen LogP contribution in [-0.4, -0.2) is 30.3 Å². The van der Waals surface area contributed by atoms with Crippen molar-refractivity contribution < 1.29 is 14.8 Å². The first-order valence-electron chi connectivity index (χ1n) is 6.29. The number of methoxy groups -OCH3 is 1. The number of benzene rings is 1. The van der Waals surface area contributed by atoms with E-state index in [0.717, 1.165) is 25.1 Å². The van der Waals surface area contributed by atoms with E-state index in [1.165, 1.54) is 13.2 Å². The van der Waals surface area contributed by atoms with Gasteiger partial charge in [0.25, 0.3) is 0 Å². The third-order valence-corrected chi connectivity index (χ3v) is 3.09. The van der Waals surface area contributed by atoms with E-state index in [0.29, 0.717) is 5.92 Å². The van der Waals surface area contributed by atoms with Gasteiger partial charge in [-0.05, 0) is 18.4 Å². The molecule has 0 aliphatic carbocycles. The molecule has 0 fully saturated rings. The molecule has 1 aromatic carbocycles. The van der Waals surface area contributed by atoms with Crippen molar-refractivity contribution in [2.24, 2.45) is 5.92 Å². The van der Waals surface area contributed by atoms with Gasteiger partial charge in [0.15, 0.2) is 5.75 Å². The van der Waals surface area contributed by atoms with Crippen molar-refractivity contribution in [3.05, 3.63) is 28.3 Å². The monoisotopic (exact) mass is 268 g/mol. The van der Waals surface area contributed by atoms with Crippen LogP contribution in [0.2, 0.25) is 0 Å². The summed E-state index contributed by atoms with van der Waals surface area (Å²) in [6, 6.07) is 4.70. The molecule has 1 rings (SSSR count). The van der Waals surface area contributed by atoms with Gasteiger partial charge in [0.2, 0.25) is 0 Å². The molecule has 0 aromatic heterocycles. The molecule has 0 aliphatic heterocycles. The Hall–Kier alpha value is -1.82. The number of nitrogens with zero attached hydrogens (tertiary/aromatic N) is 1. The molecular weight excluding hydrogens is 248 g/mol. The highest BCUT2D eigenvalue weighted by atomic mass is 16.6. The Morgan fingerprint density at radius 3 is 2.79 bits per heavy atom. The Morgan fingerprint density at radius 1 is 1.53 bits per heavy atom. The SMILES string of the molecule is CCC(CCO)CNc1ccc([N+](=O)[O-])c(OC)c1. The quantitative estimate of drug-likeness (QED) is 0.558. The van der Waals surface area contributed by atoms with Crippen LogP contribution in [0.5, 0.6) is 5.75 Å². The first-order valence-corrected chi connectivity index (χ1v) is 6.29. The zero-order valence-electron chi connectivity index (χ0n) is 11.3. The first kappa shape index (κ1) is 15.2. The average Bonchev–Trinajstić information content (AvgIpc) is 2.42. The molecule has 19 heavy (non-hydrogen) atoms. The fourth-order valence-electron chi connectivity index (χ4n) is 1.83. The minimum atomic E-state index is -0.469. The maximum atomic E-state index is 10.8. The molecule has 2 N–H and O–H groups in total. The van der Waals surface area contributed by atoms with Gasteiger partial charge in [0.1, 0.15) is 0 Å². The van der Waals surface area contributed by atoms with Crippen molar-refractivity contribution in [3.8, 4) is 5.75 Å². The smallest absolute Gasteiger partial charge is 0.311 e. The number of nitro groups is 1. The molecule has 106 valence electrons. The van der Waals surface area contributed by atoms with Crippen molar-refractivity contribution in [1.29, 1.82) is 0 Å². The highest BCUT2D eigenvalue weighted by Crippen LogP contribution is 2.29. The summed E-state index contributed by atoms with van der Waals surface area (Å²) in [5.74, 6) is 0.622. The molecule has 6 nitrogen and oxygen atoms in total. The number of nitrogens with one attached hydrogen (secondary N) is 1. The lowest BCUT2D eigenvalue weighted by Crippen LogP contribution is -2.15. The van der Waals surface area contributed by atoms with Crippen LogP contribution in [0.25, 0.3) is 0 Å². The van der Waals surface area contributed by atoms with Gasteiger partial charge >= 0.3 is 5.69 Å². The minimum absolute atomic E-state index is 0.0459. The van der Waals surface area contributed by atoms with Gasteiger partial charge in [-0.1, -0.05) is 13.3 Å². The number of hydrogen-bond donors (Lipinski definition) is 2. The van der Waals surface area contributed by atoms with E-state index in [2.05, 4.69) is 12.2 Å². The molecule has 0 saturated carbocycles. The summed E-state index contributed by atoms with van der Waals surface area (Å²) >= 11 is 0. The van der Waals surface area contributed by atoms with E-state index in [1.807, 2.05) is 0 Å². The fourth-order valence-corrected chi connectivity index (χ4v) is 1.83. The molecule has 0 amide bonds. The lowest BCUT2D eigenvalue weighted by molar-refractivity contribution is -0.385. The molecule has 0 heterocycles. The van der Waals surface area contributed by atoms with Crippen LogP contribution in [-0.2, 0) is 0 Å². The highest BCUT2D eigenvalue weighted by Gasteiger charge is 2.15. The number of hydrogen-bond acceptors (Lipinski definition) is 5. The maximum Gasteiger partial charge on any atom is 0.311 e. The zero-order chi connectivity index (χ0) is 14.3. The number of anilines is 1. The van der Waals surface area contributed by atoms with Crippen LogP contribution < -0.4 is 10.1 Å². The number of ether oxygens (including phenoxy) is 1. The van der Waals surface area contributed by atoms with Gasteiger partial charge in [0.05, 0.1) is 12.0 Å². The molecule has 0 spiro atoms. The normalized spacial score (nSPS) is 11.9. The molecule has 1 aromatic rings. The van der Waals surface area contributed by atoms with Gasteiger partial charge in [-0.25, -0.2) is 0 Å². The summed E-state index contributed by atoms with van der Waals surface area (Å²) < 4.78 is 5.01. The summed E-state index contributed by atoms with van der Waals surface area (Å²) in [4.78, 5) is 10.3. The zero-order valence-corrected chi connectivity index (χ0v) is 11.3. The second kappa shape index (κ2) is 7.58. The lowest BCUT2D eigenvalue weighted by atomic mass is 10.0. The van der Waals surface area contributed by atoms with E-state index < -0.39 is 4.92 Å². The standard InChI is InChI=1S/C13H20N2O4/c1-3-10(6-7-16)9-14-11-4-5-12(15(17)18)13(8-11)19-2/h4-5,8,10,14,16H,3,6-7,9H2,1-2H3. The Morgan fingerprint density at radius 2 is 2.26 bits per heavy atom. The van der Waals surface area contributed by atoms with Crippen molar-refractivity contribution in [3.63, 3.8) is 0 Å². The second-order valence-electron chi connectivity index (χ2n) is 4.31. The summed E-state index contributed by atoms with van der Waals surface area (Å²) in [6.07, 6.45) is 1.71. The Kier molecular flexibility index (Phi) is 6.08. The van der Waals surface area contributed by atoms with Crippen LogP contribution in [0.4, 0.5) is 11.4 Å². The third kappa shape index (κ3) is 4.40. The molecular formula is C13H20N2O4. The van der Waals surface area contributed by atoms with Crippen LogP contribution in [0.3, 0.4) is 0 Å². The number of nitro benzene ring substituents is 1. The van der Waals surface area contributed by atoms with E-state index in [-0.39, 0.29) is 18.0 Å². The summed E-state index contributed by atoms with van der Waals surface area (Å²) in [5.41, 5.74) is 0.731. The maximum absolute atomic E-state index is 10.8. The van der Waals surface area contributed by atoms with E-state index in [1.54, 1.807) is 12.1 Å². The Labute approximate surface area is 112 Å². The Balaban J connectivity index is 2.72. The van der Waals surface area contributed by atoms with E-state index in [9.17, 15) is 10.1 Å². The van der Waals surface area contributed by atoms with Gasteiger partial charge in [-0.2, -0.15) is 0 Å². The summed E-state index contributed by atoms with van der Waals surface area (Å²) in [5, 5.41) is 22.9. The summed E-state index contributed by atoms with van der Waals surface area (Å²) in [6.45, 7) is 2.96. The minimum Gasteiger partial charge on any atom is -0.490 e. The summed E-state index contributed by atoms with van der Waals surface area (Å²) in [7, 11) is 1.41.